The number of amides is 1. The van der Waals surface area contributed by atoms with Crippen LogP contribution in [0.15, 0.2) is 23.3 Å². The summed E-state index contributed by atoms with van der Waals surface area (Å²) >= 11 is 5.31. The molecule has 7 heteroatoms. The number of fused-ring (bicyclic) bond motifs is 1. The Kier molecular flexibility index (Phi) is 7.38. The van der Waals surface area contributed by atoms with Crippen LogP contribution in [0.3, 0.4) is 0 Å². The van der Waals surface area contributed by atoms with Crippen LogP contribution in [0, 0.1) is 5.92 Å². The molecule has 142 valence electrons. The summed E-state index contributed by atoms with van der Waals surface area (Å²) in [4.78, 5) is 11.4. The zero-order valence-corrected chi connectivity index (χ0v) is 16.7. The van der Waals surface area contributed by atoms with E-state index >= 15 is 0 Å². The predicted molar refractivity (Wildman–Crippen MR) is 110 cm³/mol. The van der Waals surface area contributed by atoms with Gasteiger partial charge in [0.25, 0.3) is 5.91 Å². The van der Waals surface area contributed by atoms with Gasteiger partial charge in [-0.3, -0.25) is 10.2 Å². The fourth-order valence-corrected chi connectivity index (χ4v) is 2.91. The largest absolute Gasteiger partial charge is 0.482 e. The minimum Gasteiger partial charge on any atom is -0.482 e. The number of carbonyl (C=O) groups is 1. The van der Waals surface area contributed by atoms with E-state index in [9.17, 15) is 4.79 Å². The zero-order chi connectivity index (χ0) is 19.1. The fourth-order valence-electron chi connectivity index (χ4n) is 2.67. The molecule has 26 heavy (non-hydrogen) atoms. The highest BCUT2D eigenvalue weighted by Crippen LogP contribution is 2.28. The molecule has 1 atom stereocenters. The molecule has 0 aromatic heterocycles. The molecule has 2 rings (SSSR count). The smallest absolute Gasteiger partial charge is 0.262 e. The van der Waals surface area contributed by atoms with E-state index in [-0.39, 0.29) is 12.5 Å². The van der Waals surface area contributed by atoms with Gasteiger partial charge in [0.05, 0.1) is 11.4 Å². The molecule has 0 bridgehead atoms. The molecule has 1 aromatic carbocycles. The van der Waals surface area contributed by atoms with Crippen molar-refractivity contribution in [2.75, 3.05) is 11.9 Å². The molecule has 6 nitrogen and oxygen atoms in total. The number of rotatable bonds is 7. The average Bonchev–Trinajstić information content (AvgIpc) is 2.58. The van der Waals surface area contributed by atoms with Gasteiger partial charge in [-0.15, -0.1) is 0 Å². The zero-order valence-electron chi connectivity index (χ0n) is 15.9. The number of hydrazone groups is 1. The van der Waals surface area contributed by atoms with Gasteiger partial charge in [-0.05, 0) is 62.2 Å². The van der Waals surface area contributed by atoms with Crippen molar-refractivity contribution in [3.63, 3.8) is 0 Å². The topological polar surface area (TPSA) is 74.8 Å². The maximum absolute atomic E-state index is 11.4. The van der Waals surface area contributed by atoms with Crippen LogP contribution in [-0.2, 0) is 4.79 Å². The lowest BCUT2D eigenvalue weighted by atomic mass is 10.0. The molecule has 0 aliphatic carbocycles. The van der Waals surface area contributed by atoms with Crippen molar-refractivity contribution in [1.29, 1.82) is 0 Å². The van der Waals surface area contributed by atoms with Crippen LogP contribution in [0.2, 0.25) is 0 Å². The summed E-state index contributed by atoms with van der Waals surface area (Å²) in [6.45, 7) is 8.53. The predicted octanol–water partition coefficient (Wildman–Crippen LogP) is 3.42. The summed E-state index contributed by atoms with van der Waals surface area (Å²) in [5, 5.41) is 10.9. The van der Waals surface area contributed by atoms with Gasteiger partial charge in [0, 0.05) is 6.04 Å². The maximum atomic E-state index is 11.4. The first-order valence-electron chi connectivity index (χ1n) is 9.03. The van der Waals surface area contributed by atoms with Gasteiger partial charge >= 0.3 is 0 Å². The number of hydrogen-bond acceptors (Lipinski definition) is 4. The molecule has 0 saturated heterocycles. The Bertz CT molecular complexity index is 688. The third-order valence-corrected chi connectivity index (χ3v) is 4.36. The molecular weight excluding hydrogens is 348 g/mol. The fraction of sp³-hybridized carbons (Fsp3) is 0.526. The quantitative estimate of drug-likeness (QED) is 0.386. The maximum Gasteiger partial charge on any atom is 0.262 e. The molecule has 0 radical (unpaired) electrons. The molecular formula is C19H28N4O2S. The van der Waals surface area contributed by atoms with Gasteiger partial charge in [-0.1, -0.05) is 26.7 Å². The first kappa shape index (κ1) is 20.2. The van der Waals surface area contributed by atoms with E-state index in [0.29, 0.717) is 22.6 Å². The van der Waals surface area contributed by atoms with E-state index in [1.165, 1.54) is 12.8 Å². The molecule has 1 aliphatic rings. The number of ether oxygens (including phenoxy) is 1. The van der Waals surface area contributed by atoms with E-state index in [0.717, 1.165) is 23.6 Å². The molecule has 1 aromatic rings. The molecule has 0 unspecified atom stereocenters. The Morgan fingerprint density at radius 1 is 1.35 bits per heavy atom. The molecule has 1 amide bonds. The van der Waals surface area contributed by atoms with Crippen molar-refractivity contribution in [3.05, 3.63) is 23.8 Å². The van der Waals surface area contributed by atoms with Gasteiger partial charge in [0.15, 0.2) is 11.7 Å². The van der Waals surface area contributed by atoms with Crippen molar-refractivity contribution < 1.29 is 9.53 Å². The van der Waals surface area contributed by atoms with Crippen LogP contribution < -0.4 is 20.8 Å². The SMILES string of the molecule is C/C(=N/NC(=S)N[C@@H](C)CCCC(C)C)c1ccc2c(c1)NC(=O)CO2. The Hall–Kier alpha value is -2.15. The van der Waals surface area contributed by atoms with Crippen LogP contribution >= 0.6 is 12.2 Å². The number of carbonyl (C=O) groups excluding carboxylic acids is 1. The second-order valence-electron chi connectivity index (χ2n) is 7.06. The van der Waals surface area contributed by atoms with Crippen molar-refractivity contribution >= 4 is 34.6 Å². The number of anilines is 1. The van der Waals surface area contributed by atoms with Gasteiger partial charge in [0.1, 0.15) is 5.75 Å². The third kappa shape index (κ3) is 6.29. The van der Waals surface area contributed by atoms with E-state index in [1.807, 2.05) is 25.1 Å². The minimum atomic E-state index is -0.154. The Morgan fingerprint density at radius 2 is 2.12 bits per heavy atom. The Labute approximate surface area is 160 Å². The summed E-state index contributed by atoms with van der Waals surface area (Å²) in [7, 11) is 0. The summed E-state index contributed by atoms with van der Waals surface area (Å²) in [5.41, 5.74) is 5.20. The van der Waals surface area contributed by atoms with Gasteiger partial charge in [-0.2, -0.15) is 5.10 Å². The van der Waals surface area contributed by atoms with Crippen LogP contribution in [0.25, 0.3) is 0 Å². The Balaban J connectivity index is 1.86. The molecule has 0 fully saturated rings. The number of hydrogen-bond donors (Lipinski definition) is 3. The Morgan fingerprint density at radius 3 is 2.85 bits per heavy atom. The standard InChI is InChI=1S/C19H28N4O2S/c1-12(2)6-5-7-13(3)20-19(26)23-22-14(4)15-8-9-17-16(10-15)21-18(24)11-25-17/h8-10,12-13H,5-7,11H2,1-4H3,(H,21,24)(H2,20,23,26)/b22-14-/t13-/m0/s1. The lowest BCUT2D eigenvalue weighted by Crippen LogP contribution is -2.38. The highest BCUT2D eigenvalue weighted by Gasteiger charge is 2.16. The summed E-state index contributed by atoms with van der Waals surface area (Å²) in [6, 6.07) is 5.89. The van der Waals surface area contributed by atoms with E-state index in [1.54, 1.807) is 0 Å². The summed E-state index contributed by atoms with van der Waals surface area (Å²) in [5.74, 6) is 1.24. The van der Waals surface area contributed by atoms with E-state index in [2.05, 4.69) is 41.9 Å². The highest BCUT2D eigenvalue weighted by atomic mass is 32.1. The molecule has 0 saturated carbocycles. The highest BCUT2D eigenvalue weighted by molar-refractivity contribution is 7.80. The monoisotopic (exact) mass is 376 g/mol. The molecule has 1 heterocycles. The molecule has 0 spiro atoms. The van der Waals surface area contributed by atoms with E-state index < -0.39 is 0 Å². The average molecular weight is 377 g/mol. The van der Waals surface area contributed by atoms with Gasteiger partial charge in [0.2, 0.25) is 0 Å². The lowest BCUT2D eigenvalue weighted by Gasteiger charge is -2.18. The lowest BCUT2D eigenvalue weighted by molar-refractivity contribution is -0.118. The summed E-state index contributed by atoms with van der Waals surface area (Å²) in [6.07, 6.45) is 3.48. The number of thiocarbonyl (C=S) groups is 1. The van der Waals surface area contributed by atoms with Crippen LogP contribution in [0.5, 0.6) is 5.75 Å². The molecule has 1 aliphatic heterocycles. The van der Waals surface area contributed by atoms with Crippen LogP contribution in [0.4, 0.5) is 5.69 Å². The second kappa shape index (κ2) is 9.52. The third-order valence-electron chi connectivity index (χ3n) is 4.15. The van der Waals surface area contributed by atoms with Crippen molar-refractivity contribution in [2.45, 2.75) is 53.0 Å². The van der Waals surface area contributed by atoms with E-state index in [4.69, 9.17) is 17.0 Å². The van der Waals surface area contributed by atoms with Crippen molar-refractivity contribution in [3.8, 4) is 5.75 Å². The number of nitrogens with zero attached hydrogens (tertiary/aromatic N) is 1. The van der Waals surface area contributed by atoms with Crippen molar-refractivity contribution in [2.24, 2.45) is 11.0 Å². The normalized spacial score (nSPS) is 15.0. The number of benzene rings is 1. The second-order valence-corrected chi connectivity index (χ2v) is 7.46. The van der Waals surface area contributed by atoms with Gasteiger partial charge in [-0.25, -0.2) is 0 Å². The number of nitrogens with one attached hydrogen (secondary N) is 3. The van der Waals surface area contributed by atoms with Crippen LogP contribution in [-0.4, -0.2) is 29.4 Å². The van der Waals surface area contributed by atoms with Crippen LogP contribution in [0.1, 0.15) is 52.5 Å². The minimum absolute atomic E-state index is 0.0519. The molecule has 3 N–H and O–H groups in total. The first-order chi connectivity index (χ1) is 12.3. The summed E-state index contributed by atoms with van der Waals surface area (Å²) < 4.78 is 5.36. The van der Waals surface area contributed by atoms with Crippen molar-refractivity contribution in [1.82, 2.24) is 10.7 Å². The van der Waals surface area contributed by atoms with Gasteiger partial charge < -0.3 is 15.4 Å². The first-order valence-corrected chi connectivity index (χ1v) is 9.44.